The van der Waals surface area contributed by atoms with Gasteiger partial charge in [0.25, 0.3) is 0 Å². The van der Waals surface area contributed by atoms with Gasteiger partial charge in [-0.1, -0.05) is 27.2 Å². The second-order valence-electron chi connectivity index (χ2n) is 6.15. The summed E-state index contributed by atoms with van der Waals surface area (Å²) in [5.41, 5.74) is 1.33. The lowest BCUT2D eigenvalue weighted by molar-refractivity contribution is 0.107. The number of piperazine rings is 1. The van der Waals surface area contributed by atoms with Gasteiger partial charge in [-0.3, -0.25) is 9.58 Å². The van der Waals surface area contributed by atoms with E-state index >= 15 is 0 Å². The van der Waals surface area contributed by atoms with E-state index in [1.54, 1.807) is 0 Å². The van der Waals surface area contributed by atoms with E-state index in [2.05, 4.69) is 42.2 Å². The van der Waals surface area contributed by atoms with Gasteiger partial charge in [-0.15, -0.1) is 0 Å². The SMILES string of the molecule is CCC(C)C1CN(CCc2ccnn2C)C(CC)CN1. The molecule has 1 aromatic heterocycles. The smallest absolute Gasteiger partial charge is 0.0492 e. The molecule has 0 aliphatic carbocycles. The maximum Gasteiger partial charge on any atom is 0.0492 e. The van der Waals surface area contributed by atoms with Crippen molar-refractivity contribution in [2.75, 3.05) is 19.6 Å². The van der Waals surface area contributed by atoms with Crippen molar-refractivity contribution in [1.29, 1.82) is 0 Å². The first-order valence-corrected chi connectivity index (χ1v) is 8.10. The van der Waals surface area contributed by atoms with E-state index in [9.17, 15) is 0 Å². The van der Waals surface area contributed by atoms with Gasteiger partial charge >= 0.3 is 0 Å². The number of aromatic nitrogens is 2. The van der Waals surface area contributed by atoms with Gasteiger partial charge in [-0.2, -0.15) is 5.10 Å². The molecular weight excluding hydrogens is 248 g/mol. The van der Waals surface area contributed by atoms with Gasteiger partial charge in [-0.25, -0.2) is 0 Å². The molecule has 1 saturated heterocycles. The Hall–Kier alpha value is -0.870. The number of nitrogens with one attached hydrogen (secondary N) is 1. The van der Waals surface area contributed by atoms with Crippen LogP contribution in [0.5, 0.6) is 0 Å². The zero-order valence-electron chi connectivity index (χ0n) is 13.5. The van der Waals surface area contributed by atoms with E-state index in [0.29, 0.717) is 12.1 Å². The number of hydrogen-bond donors (Lipinski definition) is 1. The van der Waals surface area contributed by atoms with Crippen molar-refractivity contribution in [3.63, 3.8) is 0 Å². The van der Waals surface area contributed by atoms with Gasteiger partial charge in [0.2, 0.25) is 0 Å². The first-order chi connectivity index (χ1) is 9.65. The van der Waals surface area contributed by atoms with Gasteiger partial charge in [0.1, 0.15) is 0 Å². The molecule has 0 spiro atoms. The molecule has 1 aromatic rings. The lowest BCUT2D eigenvalue weighted by Crippen LogP contribution is -2.58. The predicted molar refractivity (Wildman–Crippen MR) is 83.8 cm³/mol. The Morgan fingerprint density at radius 1 is 1.45 bits per heavy atom. The maximum absolute atomic E-state index is 4.26. The summed E-state index contributed by atoms with van der Waals surface area (Å²) in [6, 6.07) is 3.47. The van der Waals surface area contributed by atoms with Gasteiger partial charge in [0.15, 0.2) is 0 Å². The van der Waals surface area contributed by atoms with E-state index in [1.165, 1.54) is 25.1 Å². The molecule has 3 atom stereocenters. The van der Waals surface area contributed by atoms with E-state index in [4.69, 9.17) is 0 Å². The van der Waals surface area contributed by atoms with Crippen LogP contribution < -0.4 is 5.32 Å². The molecule has 0 saturated carbocycles. The minimum Gasteiger partial charge on any atom is -0.311 e. The molecular formula is C16H30N4. The van der Waals surface area contributed by atoms with E-state index < -0.39 is 0 Å². The predicted octanol–water partition coefficient (Wildman–Crippen LogP) is 2.06. The van der Waals surface area contributed by atoms with Crippen molar-refractivity contribution in [2.45, 2.75) is 52.1 Å². The lowest BCUT2D eigenvalue weighted by Gasteiger charge is -2.42. The van der Waals surface area contributed by atoms with Crippen LogP contribution in [0.1, 0.15) is 39.3 Å². The Kier molecular flexibility index (Phi) is 5.61. The largest absolute Gasteiger partial charge is 0.311 e. The van der Waals surface area contributed by atoms with Gasteiger partial charge in [-0.05, 0) is 18.4 Å². The quantitative estimate of drug-likeness (QED) is 0.864. The minimum absolute atomic E-state index is 0.648. The number of aryl methyl sites for hydroxylation is 1. The molecule has 0 radical (unpaired) electrons. The highest BCUT2D eigenvalue weighted by Crippen LogP contribution is 2.17. The van der Waals surface area contributed by atoms with Crippen molar-refractivity contribution >= 4 is 0 Å². The van der Waals surface area contributed by atoms with Crippen LogP contribution >= 0.6 is 0 Å². The molecule has 1 fully saturated rings. The molecule has 4 nitrogen and oxygen atoms in total. The minimum atomic E-state index is 0.648. The van der Waals surface area contributed by atoms with Crippen LogP contribution in [-0.4, -0.2) is 46.4 Å². The first kappa shape index (κ1) is 15.5. The van der Waals surface area contributed by atoms with Crippen molar-refractivity contribution in [3.05, 3.63) is 18.0 Å². The maximum atomic E-state index is 4.26. The van der Waals surface area contributed by atoms with E-state index in [1.807, 2.05) is 17.9 Å². The third kappa shape index (κ3) is 3.61. The highest BCUT2D eigenvalue weighted by atomic mass is 15.3. The molecule has 0 amide bonds. The van der Waals surface area contributed by atoms with Gasteiger partial charge in [0.05, 0.1) is 0 Å². The first-order valence-electron chi connectivity index (χ1n) is 8.10. The van der Waals surface area contributed by atoms with Crippen molar-refractivity contribution in [1.82, 2.24) is 20.0 Å². The molecule has 1 N–H and O–H groups in total. The summed E-state index contributed by atoms with van der Waals surface area (Å²) < 4.78 is 2.00. The Morgan fingerprint density at radius 3 is 2.85 bits per heavy atom. The van der Waals surface area contributed by atoms with Crippen molar-refractivity contribution < 1.29 is 0 Å². The fourth-order valence-corrected chi connectivity index (χ4v) is 3.13. The summed E-state index contributed by atoms with van der Waals surface area (Å²) in [7, 11) is 2.03. The summed E-state index contributed by atoms with van der Waals surface area (Å²) in [4.78, 5) is 2.68. The van der Waals surface area contributed by atoms with Crippen molar-refractivity contribution in [2.24, 2.45) is 13.0 Å². The number of rotatable bonds is 6. The Bertz CT molecular complexity index is 401. The summed E-state index contributed by atoms with van der Waals surface area (Å²) in [5.74, 6) is 0.756. The van der Waals surface area contributed by atoms with Crippen LogP contribution in [-0.2, 0) is 13.5 Å². The molecule has 114 valence electrons. The summed E-state index contributed by atoms with van der Waals surface area (Å²) in [6.07, 6.45) is 5.47. The molecule has 2 rings (SSSR count). The molecule has 0 aromatic carbocycles. The van der Waals surface area contributed by atoms with Crippen molar-refractivity contribution in [3.8, 4) is 0 Å². The monoisotopic (exact) mass is 278 g/mol. The summed E-state index contributed by atoms with van der Waals surface area (Å²) in [6.45, 7) is 10.4. The number of hydrogen-bond acceptors (Lipinski definition) is 3. The standard InChI is InChI=1S/C16H30N4/c1-5-13(3)16-12-20(14(6-2)11-17-16)10-8-15-7-9-18-19(15)4/h7,9,13-14,16-17H,5-6,8,10-12H2,1-4H3. The second-order valence-corrected chi connectivity index (χ2v) is 6.15. The van der Waals surface area contributed by atoms with E-state index in [0.717, 1.165) is 25.4 Å². The molecule has 0 bridgehead atoms. The zero-order chi connectivity index (χ0) is 14.5. The summed E-state index contributed by atoms with van der Waals surface area (Å²) >= 11 is 0. The lowest BCUT2D eigenvalue weighted by atomic mass is 9.94. The summed E-state index contributed by atoms with van der Waals surface area (Å²) in [5, 5.41) is 8.01. The van der Waals surface area contributed by atoms with Crippen LogP contribution in [0, 0.1) is 5.92 Å². The Balaban J connectivity index is 1.93. The van der Waals surface area contributed by atoms with E-state index in [-0.39, 0.29) is 0 Å². The van der Waals surface area contributed by atoms with Crippen LogP contribution in [0.15, 0.2) is 12.3 Å². The molecule has 3 unspecified atom stereocenters. The van der Waals surface area contributed by atoms with Crippen LogP contribution in [0.25, 0.3) is 0 Å². The third-order valence-electron chi connectivity index (χ3n) is 4.94. The fraction of sp³-hybridized carbons (Fsp3) is 0.812. The van der Waals surface area contributed by atoms with Crippen LogP contribution in [0.4, 0.5) is 0 Å². The molecule has 1 aliphatic heterocycles. The van der Waals surface area contributed by atoms with Crippen LogP contribution in [0.3, 0.4) is 0 Å². The zero-order valence-corrected chi connectivity index (χ0v) is 13.5. The van der Waals surface area contributed by atoms with Gasteiger partial charge < -0.3 is 5.32 Å². The Labute approximate surface area is 123 Å². The number of nitrogens with zero attached hydrogens (tertiary/aromatic N) is 3. The normalized spacial score (nSPS) is 25.8. The average molecular weight is 278 g/mol. The highest BCUT2D eigenvalue weighted by molar-refractivity contribution is 5.01. The van der Waals surface area contributed by atoms with Gasteiger partial charge in [0, 0.05) is 57.1 Å². The average Bonchev–Trinajstić information content (AvgIpc) is 2.89. The third-order valence-corrected chi connectivity index (χ3v) is 4.94. The molecule has 1 aliphatic rings. The second kappa shape index (κ2) is 7.23. The fourth-order valence-electron chi connectivity index (χ4n) is 3.13. The molecule has 20 heavy (non-hydrogen) atoms. The Morgan fingerprint density at radius 2 is 2.25 bits per heavy atom. The highest BCUT2D eigenvalue weighted by Gasteiger charge is 2.28. The topological polar surface area (TPSA) is 33.1 Å². The molecule has 2 heterocycles. The van der Waals surface area contributed by atoms with Crippen LogP contribution in [0.2, 0.25) is 0 Å². The molecule has 4 heteroatoms.